The van der Waals surface area contributed by atoms with Crippen LogP contribution in [0.1, 0.15) is 0 Å². The van der Waals surface area contributed by atoms with E-state index in [0.29, 0.717) is 5.82 Å². The Morgan fingerprint density at radius 3 is 1.18 bits per heavy atom. The average molecular weight is 943 g/mol. The van der Waals surface area contributed by atoms with E-state index in [0.717, 1.165) is 83.7 Å². The largest absolute Gasteiger partial charge is 0.309 e. The fourth-order valence-electron chi connectivity index (χ4n) is 11.1. The quantitative estimate of drug-likeness (QED) is 0.145. The lowest BCUT2D eigenvalue weighted by Gasteiger charge is -2.21. The van der Waals surface area contributed by atoms with Crippen LogP contribution in [0.15, 0.2) is 279 Å². The maximum atomic E-state index is 5.38. The summed E-state index contributed by atoms with van der Waals surface area (Å²) in [5, 5.41) is 4.80. The van der Waals surface area contributed by atoms with Gasteiger partial charge in [-0.2, -0.15) is 0 Å². The van der Waals surface area contributed by atoms with E-state index in [-0.39, 0.29) is 0 Å². The molecule has 74 heavy (non-hydrogen) atoms. The molecule has 3 heterocycles. The molecule has 4 nitrogen and oxygen atoms in total. The summed E-state index contributed by atoms with van der Waals surface area (Å²) >= 11 is 0. The van der Waals surface area contributed by atoms with Crippen molar-refractivity contribution in [3.05, 3.63) is 279 Å². The normalized spacial score (nSPS) is 11.5. The molecule has 0 saturated carbocycles. The molecule has 4 heteroatoms. The van der Waals surface area contributed by atoms with Crippen molar-refractivity contribution in [1.82, 2.24) is 19.1 Å². The zero-order chi connectivity index (χ0) is 49.0. The Labute approximate surface area is 429 Å². The van der Waals surface area contributed by atoms with Crippen molar-refractivity contribution in [2.45, 2.75) is 0 Å². The summed E-state index contributed by atoms with van der Waals surface area (Å²) in [6.07, 6.45) is 0. The van der Waals surface area contributed by atoms with Gasteiger partial charge in [0.25, 0.3) is 0 Å². The van der Waals surface area contributed by atoms with Gasteiger partial charge >= 0.3 is 0 Å². The number of para-hydroxylation sites is 2. The van der Waals surface area contributed by atoms with E-state index in [4.69, 9.17) is 9.97 Å². The van der Waals surface area contributed by atoms with E-state index in [1.807, 2.05) is 12.1 Å². The van der Waals surface area contributed by atoms with Crippen molar-refractivity contribution < 1.29 is 0 Å². The summed E-state index contributed by atoms with van der Waals surface area (Å²) in [6.45, 7) is 0. The van der Waals surface area contributed by atoms with E-state index in [2.05, 4.69) is 276 Å². The molecular formula is C70H46N4. The molecule has 0 amide bonds. The maximum Gasteiger partial charge on any atom is 0.160 e. The minimum absolute atomic E-state index is 0.659. The highest BCUT2D eigenvalue weighted by Gasteiger charge is 2.24. The predicted molar refractivity (Wildman–Crippen MR) is 309 cm³/mol. The summed E-state index contributed by atoms with van der Waals surface area (Å²) < 4.78 is 4.93. The minimum atomic E-state index is 0.659. The number of hydrogen-bond acceptors (Lipinski definition) is 2. The van der Waals surface area contributed by atoms with Crippen molar-refractivity contribution in [3.63, 3.8) is 0 Å². The summed E-state index contributed by atoms with van der Waals surface area (Å²) in [5.41, 5.74) is 20.5. The van der Waals surface area contributed by atoms with Crippen LogP contribution in [0.4, 0.5) is 0 Å². The summed E-state index contributed by atoms with van der Waals surface area (Å²) in [5.74, 6) is 0.659. The van der Waals surface area contributed by atoms with Gasteiger partial charge in [-0.05, 0) is 100 Å². The molecule has 3 aromatic heterocycles. The molecule has 0 aliphatic rings. The first-order valence-corrected chi connectivity index (χ1v) is 25.2. The Kier molecular flexibility index (Phi) is 10.5. The van der Waals surface area contributed by atoms with Crippen molar-refractivity contribution >= 4 is 43.6 Å². The van der Waals surface area contributed by atoms with E-state index in [9.17, 15) is 0 Å². The molecule has 346 valence electrons. The fourth-order valence-corrected chi connectivity index (χ4v) is 11.1. The SMILES string of the molecule is c1ccc(-c2cccc(-c3ccc4c(c3)c3cc(-n5c6ccccc6c6ccccc65)ccc3n4-c3c(-c4ccccc4)cc(-c4nc(-c5ccccc5)cc(-c5ccccc5)n4)cc3-c3ccccc3)c2)cc1. The van der Waals surface area contributed by atoms with Crippen LogP contribution < -0.4 is 0 Å². The fraction of sp³-hybridized carbons (Fsp3) is 0. The lowest BCUT2D eigenvalue weighted by atomic mass is 9.92. The van der Waals surface area contributed by atoms with E-state index >= 15 is 0 Å². The zero-order valence-corrected chi connectivity index (χ0v) is 40.3. The Hall–Kier alpha value is -9.90. The molecule has 14 aromatic rings. The highest BCUT2D eigenvalue weighted by atomic mass is 15.0. The second-order valence-corrected chi connectivity index (χ2v) is 18.9. The average Bonchev–Trinajstić information content (AvgIpc) is 4.00. The highest BCUT2D eigenvalue weighted by molar-refractivity contribution is 6.14. The van der Waals surface area contributed by atoms with Gasteiger partial charge in [-0.15, -0.1) is 0 Å². The van der Waals surface area contributed by atoms with E-state index < -0.39 is 0 Å². The number of hydrogen-bond donors (Lipinski definition) is 0. The van der Waals surface area contributed by atoms with Gasteiger partial charge in [0.1, 0.15) is 0 Å². The molecule has 0 fully saturated rings. The van der Waals surface area contributed by atoms with E-state index in [1.165, 1.54) is 43.9 Å². The van der Waals surface area contributed by atoms with Gasteiger partial charge in [0.15, 0.2) is 5.82 Å². The Balaban J connectivity index is 1.07. The van der Waals surface area contributed by atoms with Crippen LogP contribution in [0.3, 0.4) is 0 Å². The molecule has 0 bridgehead atoms. The molecule has 0 radical (unpaired) electrons. The molecule has 11 aromatic carbocycles. The molecule has 0 aliphatic carbocycles. The van der Waals surface area contributed by atoms with E-state index in [1.54, 1.807) is 0 Å². The van der Waals surface area contributed by atoms with Crippen molar-refractivity contribution in [2.24, 2.45) is 0 Å². The molecular weight excluding hydrogens is 897 g/mol. The molecule has 0 spiro atoms. The minimum Gasteiger partial charge on any atom is -0.309 e. The van der Waals surface area contributed by atoms with Crippen LogP contribution in [0.5, 0.6) is 0 Å². The number of nitrogens with zero attached hydrogens (tertiary/aromatic N) is 4. The third kappa shape index (κ3) is 7.48. The maximum absolute atomic E-state index is 5.38. The smallest absolute Gasteiger partial charge is 0.160 e. The third-order valence-electron chi connectivity index (χ3n) is 14.5. The highest BCUT2D eigenvalue weighted by Crippen LogP contribution is 2.46. The molecule has 0 aliphatic heterocycles. The van der Waals surface area contributed by atoms with Gasteiger partial charge in [0, 0.05) is 55.0 Å². The standard InChI is InChI=1S/C70H46N4/c1-6-21-47(22-7-1)52-31-20-32-53(41-52)54-37-39-67-61(42-54)62-45-56(73-65-35-18-16-33-57(65)58-34-17-19-36-66(58)73)38-40-68(62)74(67)69-59(48-23-8-2-9-24-48)43-55(44-60(69)49-25-10-3-11-26-49)70-71-63(50-27-12-4-13-28-50)46-64(72-70)51-29-14-5-15-30-51/h1-46H. The summed E-state index contributed by atoms with van der Waals surface area (Å²) in [7, 11) is 0. The molecule has 14 rings (SSSR count). The van der Waals surface area contributed by atoms with Crippen molar-refractivity contribution in [2.75, 3.05) is 0 Å². The first-order valence-electron chi connectivity index (χ1n) is 25.2. The van der Waals surface area contributed by atoms with Crippen LogP contribution >= 0.6 is 0 Å². The van der Waals surface area contributed by atoms with Gasteiger partial charge in [0.2, 0.25) is 0 Å². The van der Waals surface area contributed by atoms with Crippen LogP contribution in [-0.4, -0.2) is 19.1 Å². The van der Waals surface area contributed by atoms with Crippen molar-refractivity contribution in [1.29, 1.82) is 0 Å². The molecule has 0 unspecified atom stereocenters. The number of benzene rings is 11. The van der Waals surface area contributed by atoms with Crippen LogP contribution in [0, 0.1) is 0 Å². The Morgan fingerprint density at radius 1 is 0.230 bits per heavy atom. The first-order chi connectivity index (χ1) is 36.7. The second kappa shape index (κ2) is 18.1. The Morgan fingerprint density at radius 2 is 0.635 bits per heavy atom. The monoisotopic (exact) mass is 942 g/mol. The van der Waals surface area contributed by atoms with Crippen LogP contribution in [-0.2, 0) is 0 Å². The van der Waals surface area contributed by atoms with Gasteiger partial charge in [-0.1, -0.05) is 212 Å². The first kappa shape index (κ1) is 42.9. The van der Waals surface area contributed by atoms with Gasteiger partial charge in [-0.25, -0.2) is 9.97 Å². The number of fused-ring (bicyclic) bond motifs is 6. The Bertz CT molecular complexity index is 4210. The lowest BCUT2D eigenvalue weighted by molar-refractivity contribution is 1.16. The van der Waals surface area contributed by atoms with Gasteiger partial charge < -0.3 is 9.13 Å². The third-order valence-corrected chi connectivity index (χ3v) is 14.5. The van der Waals surface area contributed by atoms with Gasteiger partial charge in [0.05, 0.1) is 39.1 Å². The van der Waals surface area contributed by atoms with Crippen LogP contribution in [0.25, 0.3) is 133 Å². The topological polar surface area (TPSA) is 35.6 Å². The number of rotatable bonds is 9. The number of aromatic nitrogens is 4. The molecule has 0 saturated heterocycles. The second-order valence-electron chi connectivity index (χ2n) is 18.9. The van der Waals surface area contributed by atoms with Crippen LogP contribution in [0.2, 0.25) is 0 Å². The van der Waals surface area contributed by atoms with Crippen molar-refractivity contribution in [3.8, 4) is 89.8 Å². The molecule has 0 atom stereocenters. The lowest BCUT2D eigenvalue weighted by Crippen LogP contribution is -2.03. The summed E-state index contributed by atoms with van der Waals surface area (Å²) in [4.78, 5) is 10.8. The van der Waals surface area contributed by atoms with Gasteiger partial charge in [-0.3, -0.25) is 0 Å². The summed E-state index contributed by atoms with van der Waals surface area (Å²) in [6, 6.07) is 100. The zero-order valence-electron chi connectivity index (χ0n) is 40.3. The molecule has 0 N–H and O–H groups in total. The predicted octanol–water partition coefficient (Wildman–Crippen LogP) is 18.3.